The van der Waals surface area contributed by atoms with Crippen LogP contribution in [0.5, 0.6) is 0 Å². The van der Waals surface area contributed by atoms with E-state index in [1.165, 1.54) is 69.6 Å². The molecule has 0 aromatic carbocycles. The second-order valence-electron chi connectivity index (χ2n) is 6.14. The Bertz CT molecular complexity index is 353. The zero-order valence-corrected chi connectivity index (χ0v) is 12.6. The van der Waals surface area contributed by atoms with E-state index in [0.29, 0.717) is 0 Å². The van der Waals surface area contributed by atoms with E-state index in [1.54, 1.807) is 0 Å². The molecule has 0 amide bonds. The predicted molar refractivity (Wildman–Crippen MR) is 82.6 cm³/mol. The molecule has 1 N–H and O–H groups in total. The first-order chi connectivity index (χ1) is 9.42. The maximum Gasteiger partial charge on any atom is 0.0330 e. The fourth-order valence-corrected chi connectivity index (χ4v) is 3.92. The number of hydrogen-bond acceptors (Lipinski definition) is 3. The first kappa shape index (κ1) is 13.6. The first-order valence-electron chi connectivity index (χ1n) is 7.89. The number of nitrogens with zero attached hydrogens (tertiary/aromatic N) is 1. The van der Waals surface area contributed by atoms with Gasteiger partial charge in [-0.3, -0.25) is 4.90 Å². The van der Waals surface area contributed by atoms with Crippen molar-refractivity contribution in [3.8, 4) is 0 Å². The van der Waals surface area contributed by atoms with E-state index < -0.39 is 0 Å². The summed E-state index contributed by atoms with van der Waals surface area (Å²) >= 11 is 1.91. The van der Waals surface area contributed by atoms with Crippen molar-refractivity contribution in [3.63, 3.8) is 0 Å². The van der Waals surface area contributed by atoms with Crippen LogP contribution in [0.25, 0.3) is 0 Å². The fraction of sp³-hybridized carbons (Fsp3) is 0.750. The minimum absolute atomic E-state index is 0.895. The van der Waals surface area contributed by atoms with Crippen LogP contribution in [0.1, 0.15) is 43.4 Å². The van der Waals surface area contributed by atoms with Gasteiger partial charge in [-0.05, 0) is 75.5 Å². The van der Waals surface area contributed by atoms with Gasteiger partial charge in [0.2, 0.25) is 0 Å². The van der Waals surface area contributed by atoms with Crippen molar-refractivity contribution in [1.29, 1.82) is 0 Å². The molecule has 2 aliphatic rings. The van der Waals surface area contributed by atoms with Gasteiger partial charge >= 0.3 is 0 Å². The quantitative estimate of drug-likeness (QED) is 0.821. The predicted octanol–water partition coefficient (Wildman–Crippen LogP) is 3.49. The molecule has 0 bridgehead atoms. The lowest BCUT2D eigenvalue weighted by Crippen LogP contribution is -2.31. The average Bonchev–Trinajstić information content (AvgIpc) is 3.17. The minimum Gasteiger partial charge on any atom is -0.316 e. The van der Waals surface area contributed by atoms with Gasteiger partial charge in [0.15, 0.2) is 0 Å². The summed E-state index contributed by atoms with van der Waals surface area (Å²) in [6.45, 7) is 4.99. The van der Waals surface area contributed by atoms with Crippen LogP contribution in [0.3, 0.4) is 0 Å². The van der Waals surface area contributed by atoms with Gasteiger partial charge in [-0.2, -0.15) is 0 Å². The average molecular weight is 278 g/mol. The van der Waals surface area contributed by atoms with Gasteiger partial charge < -0.3 is 5.32 Å². The Labute approximate surface area is 121 Å². The highest BCUT2D eigenvalue weighted by Gasteiger charge is 2.28. The molecule has 1 aliphatic heterocycles. The molecule has 1 aromatic heterocycles. The highest BCUT2D eigenvalue weighted by atomic mass is 32.1. The van der Waals surface area contributed by atoms with Crippen LogP contribution in [-0.2, 0) is 6.54 Å². The van der Waals surface area contributed by atoms with E-state index in [0.717, 1.165) is 12.0 Å². The number of thiophene rings is 1. The number of piperidine rings is 1. The molecule has 0 radical (unpaired) electrons. The van der Waals surface area contributed by atoms with Crippen LogP contribution in [-0.4, -0.2) is 30.6 Å². The van der Waals surface area contributed by atoms with Crippen molar-refractivity contribution in [2.45, 2.75) is 51.1 Å². The molecule has 1 unspecified atom stereocenters. The van der Waals surface area contributed by atoms with Gasteiger partial charge in [0.25, 0.3) is 0 Å². The van der Waals surface area contributed by atoms with Crippen molar-refractivity contribution >= 4 is 11.3 Å². The van der Waals surface area contributed by atoms with Gasteiger partial charge in [-0.25, -0.2) is 0 Å². The van der Waals surface area contributed by atoms with Crippen molar-refractivity contribution in [2.75, 3.05) is 19.6 Å². The Morgan fingerprint density at radius 3 is 2.95 bits per heavy atom. The molecule has 3 heteroatoms. The standard InChI is InChI=1S/C16H26N2S/c1-4-14(12-17-9-1)5-2-10-18(15-7-8-15)13-16-6-3-11-19-16/h3,6,11,14-15,17H,1-2,4-5,7-10,12-13H2. The molecule has 2 nitrogen and oxygen atoms in total. The van der Waals surface area contributed by atoms with Gasteiger partial charge in [0.1, 0.15) is 0 Å². The molecule has 1 atom stereocenters. The smallest absolute Gasteiger partial charge is 0.0330 e. The van der Waals surface area contributed by atoms with Gasteiger partial charge in [-0.15, -0.1) is 11.3 Å². The normalized spacial score (nSPS) is 23.9. The third kappa shape index (κ3) is 4.30. The monoisotopic (exact) mass is 278 g/mol. The zero-order valence-electron chi connectivity index (χ0n) is 11.8. The second-order valence-corrected chi connectivity index (χ2v) is 7.17. The van der Waals surface area contributed by atoms with E-state index in [4.69, 9.17) is 0 Å². The third-order valence-corrected chi connectivity index (χ3v) is 5.32. The molecule has 1 aromatic rings. The third-order valence-electron chi connectivity index (χ3n) is 4.46. The van der Waals surface area contributed by atoms with Gasteiger partial charge in [0, 0.05) is 17.5 Å². The van der Waals surface area contributed by atoms with Crippen LogP contribution in [0.2, 0.25) is 0 Å². The largest absolute Gasteiger partial charge is 0.316 e. The van der Waals surface area contributed by atoms with Crippen LogP contribution in [0.15, 0.2) is 17.5 Å². The van der Waals surface area contributed by atoms with Crippen LogP contribution in [0.4, 0.5) is 0 Å². The maximum atomic E-state index is 3.53. The minimum atomic E-state index is 0.895. The van der Waals surface area contributed by atoms with Gasteiger partial charge in [0.05, 0.1) is 0 Å². The van der Waals surface area contributed by atoms with Crippen molar-refractivity contribution in [3.05, 3.63) is 22.4 Å². The Kier molecular flexibility index (Phi) is 4.91. The Morgan fingerprint density at radius 1 is 1.32 bits per heavy atom. The fourth-order valence-electron chi connectivity index (χ4n) is 3.19. The number of nitrogens with one attached hydrogen (secondary N) is 1. The van der Waals surface area contributed by atoms with Crippen LogP contribution >= 0.6 is 11.3 Å². The van der Waals surface area contributed by atoms with Crippen molar-refractivity contribution in [1.82, 2.24) is 10.2 Å². The van der Waals surface area contributed by atoms with E-state index >= 15 is 0 Å². The van der Waals surface area contributed by atoms with Gasteiger partial charge in [-0.1, -0.05) is 6.07 Å². The number of hydrogen-bond donors (Lipinski definition) is 1. The van der Waals surface area contributed by atoms with E-state index in [1.807, 2.05) is 11.3 Å². The molecule has 2 fully saturated rings. The van der Waals surface area contributed by atoms with Crippen LogP contribution in [0, 0.1) is 5.92 Å². The highest BCUT2D eigenvalue weighted by molar-refractivity contribution is 7.09. The lowest BCUT2D eigenvalue weighted by atomic mass is 9.94. The topological polar surface area (TPSA) is 15.3 Å². The summed E-state index contributed by atoms with van der Waals surface area (Å²) < 4.78 is 0. The summed E-state index contributed by atoms with van der Waals surface area (Å²) in [4.78, 5) is 4.26. The summed E-state index contributed by atoms with van der Waals surface area (Å²) in [7, 11) is 0. The van der Waals surface area contributed by atoms with E-state index in [2.05, 4.69) is 27.7 Å². The van der Waals surface area contributed by atoms with E-state index in [9.17, 15) is 0 Å². The zero-order chi connectivity index (χ0) is 12.9. The van der Waals surface area contributed by atoms with E-state index in [-0.39, 0.29) is 0 Å². The molecular weight excluding hydrogens is 252 g/mol. The summed E-state index contributed by atoms with van der Waals surface area (Å²) in [5.41, 5.74) is 0. The maximum absolute atomic E-state index is 3.53. The van der Waals surface area contributed by atoms with Crippen LogP contribution < -0.4 is 5.32 Å². The summed E-state index contributed by atoms with van der Waals surface area (Å²) in [6.07, 6.45) is 8.48. The molecule has 1 aliphatic carbocycles. The first-order valence-corrected chi connectivity index (χ1v) is 8.77. The SMILES string of the molecule is c1csc(CN(CCCC2CCCNC2)C2CC2)c1. The van der Waals surface area contributed by atoms with Crippen molar-refractivity contribution < 1.29 is 0 Å². The lowest BCUT2D eigenvalue weighted by Gasteiger charge is -2.25. The summed E-state index contributed by atoms with van der Waals surface area (Å²) in [5.74, 6) is 0.941. The lowest BCUT2D eigenvalue weighted by molar-refractivity contribution is 0.238. The molecule has 1 saturated heterocycles. The molecular formula is C16H26N2S. The molecule has 2 heterocycles. The Morgan fingerprint density at radius 2 is 2.26 bits per heavy atom. The number of rotatable bonds is 7. The molecule has 106 valence electrons. The molecule has 3 rings (SSSR count). The highest BCUT2D eigenvalue weighted by Crippen LogP contribution is 2.29. The van der Waals surface area contributed by atoms with Crippen molar-refractivity contribution in [2.24, 2.45) is 5.92 Å². The Balaban J connectivity index is 1.40. The second kappa shape index (κ2) is 6.87. The summed E-state index contributed by atoms with van der Waals surface area (Å²) in [6, 6.07) is 5.36. The summed E-state index contributed by atoms with van der Waals surface area (Å²) in [5, 5.41) is 5.73. The molecule has 0 spiro atoms. The Hall–Kier alpha value is -0.380. The molecule has 19 heavy (non-hydrogen) atoms. The molecule has 1 saturated carbocycles.